The molecule has 1 aromatic heterocycles. The summed E-state index contributed by atoms with van der Waals surface area (Å²) in [4.78, 5) is 0.854. The molecule has 0 radical (unpaired) electrons. The van der Waals surface area contributed by atoms with Crippen LogP contribution in [0, 0.1) is 5.82 Å². The van der Waals surface area contributed by atoms with Crippen LogP contribution in [0.5, 0.6) is 0 Å². The van der Waals surface area contributed by atoms with E-state index in [0.29, 0.717) is 10.6 Å². The summed E-state index contributed by atoms with van der Waals surface area (Å²) in [6, 6.07) is 3.79. The van der Waals surface area contributed by atoms with E-state index >= 15 is 0 Å². The van der Waals surface area contributed by atoms with E-state index in [1.807, 2.05) is 6.92 Å². The van der Waals surface area contributed by atoms with Gasteiger partial charge in [-0.05, 0) is 41.7 Å². The van der Waals surface area contributed by atoms with Crippen LogP contribution in [0.2, 0.25) is 5.02 Å². The molecule has 0 aliphatic heterocycles. The number of aromatic nitrogens is 2. The van der Waals surface area contributed by atoms with E-state index < -0.39 is 6.04 Å². The van der Waals surface area contributed by atoms with Gasteiger partial charge in [0.2, 0.25) is 0 Å². The lowest BCUT2D eigenvalue weighted by Gasteiger charge is -2.16. The molecule has 0 aliphatic carbocycles. The second-order valence-corrected chi connectivity index (χ2v) is 4.90. The van der Waals surface area contributed by atoms with Crippen LogP contribution in [0.3, 0.4) is 0 Å². The third-order valence-electron chi connectivity index (χ3n) is 2.62. The Bertz CT molecular complexity index is 546. The van der Waals surface area contributed by atoms with E-state index in [0.717, 1.165) is 17.0 Å². The first-order chi connectivity index (χ1) is 8.67. The minimum Gasteiger partial charge on any atom is -0.271 e. The molecule has 96 valence electrons. The van der Waals surface area contributed by atoms with E-state index in [2.05, 4.69) is 15.0 Å². The van der Waals surface area contributed by atoms with E-state index in [1.165, 1.54) is 29.7 Å². The number of hydrogen-bond acceptors (Lipinski definition) is 5. The SMILES string of the molecule is CCc1nnsc1C(NN)c1cc(F)ccc1Cl. The zero-order chi connectivity index (χ0) is 13.1. The third kappa shape index (κ3) is 2.51. The molecule has 0 spiro atoms. The molecule has 1 heterocycles. The summed E-state index contributed by atoms with van der Waals surface area (Å²) in [5.74, 6) is 5.20. The van der Waals surface area contributed by atoms with Gasteiger partial charge in [0.25, 0.3) is 0 Å². The summed E-state index contributed by atoms with van der Waals surface area (Å²) in [7, 11) is 0. The number of halogens is 2. The maximum absolute atomic E-state index is 13.3. The zero-order valence-corrected chi connectivity index (χ0v) is 11.2. The molecule has 1 atom stereocenters. The lowest BCUT2D eigenvalue weighted by Crippen LogP contribution is -2.29. The van der Waals surface area contributed by atoms with Gasteiger partial charge in [0.15, 0.2) is 0 Å². The van der Waals surface area contributed by atoms with E-state index in [4.69, 9.17) is 17.4 Å². The van der Waals surface area contributed by atoms with Gasteiger partial charge in [-0.15, -0.1) is 5.10 Å². The van der Waals surface area contributed by atoms with Crippen LogP contribution in [0.25, 0.3) is 0 Å². The molecule has 2 aromatic rings. The first-order valence-corrected chi connectivity index (χ1v) is 6.54. The van der Waals surface area contributed by atoms with Gasteiger partial charge in [0, 0.05) is 5.02 Å². The predicted octanol–water partition coefficient (Wildman–Crippen LogP) is 2.45. The molecule has 1 aromatic carbocycles. The number of hydrogen-bond donors (Lipinski definition) is 2. The second-order valence-electron chi connectivity index (χ2n) is 3.70. The van der Waals surface area contributed by atoms with Crippen LogP contribution in [0.15, 0.2) is 18.2 Å². The van der Waals surface area contributed by atoms with Gasteiger partial charge in [0.05, 0.1) is 16.6 Å². The standard InChI is InChI=1S/C11H12ClFN4S/c1-2-9-11(18-17-16-9)10(15-14)7-5-6(13)3-4-8(7)12/h3-5,10,15H,2,14H2,1H3. The first kappa shape index (κ1) is 13.4. The van der Waals surface area contributed by atoms with Crippen molar-refractivity contribution >= 4 is 23.1 Å². The Hall–Kier alpha value is -1.08. The van der Waals surface area contributed by atoms with Crippen LogP contribution in [-0.2, 0) is 6.42 Å². The Morgan fingerprint density at radius 1 is 1.56 bits per heavy atom. The first-order valence-electron chi connectivity index (χ1n) is 5.39. The Balaban J connectivity index is 2.48. The molecule has 0 saturated heterocycles. The number of rotatable bonds is 4. The zero-order valence-electron chi connectivity index (χ0n) is 9.65. The molecule has 0 fully saturated rings. The van der Waals surface area contributed by atoms with Crippen molar-refractivity contribution in [2.24, 2.45) is 5.84 Å². The smallest absolute Gasteiger partial charge is 0.123 e. The minimum atomic E-state index is -0.400. The fourth-order valence-electron chi connectivity index (χ4n) is 1.72. The summed E-state index contributed by atoms with van der Waals surface area (Å²) in [6.45, 7) is 1.97. The highest BCUT2D eigenvalue weighted by atomic mass is 35.5. The van der Waals surface area contributed by atoms with Crippen LogP contribution >= 0.6 is 23.1 Å². The monoisotopic (exact) mass is 286 g/mol. The molecule has 18 heavy (non-hydrogen) atoms. The molecular formula is C11H12ClFN4S. The molecule has 0 amide bonds. The number of hydrazine groups is 1. The van der Waals surface area contributed by atoms with Crippen LogP contribution in [0.1, 0.15) is 29.1 Å². The van der Waals surface area contributed by atoms with Crippen molar-refractivity contribution in [3.63, 3.8) is 0 Å². The average molecular weight is 287 g/mol. The molecular weight excluding hydrogens is 275 g/mol. The van der Waals surface area contributed by atoms with E-state index in [1.54, 1.807) is 0 Å². The fourth-order valence-corrected chi connectivity index (χ4v) is 2.77. The Labute approximate surface area is 113 Å². The fraction of sp³-hybridized carbons (Fsp3) is 0.273. The largest absolute Gasteiger partial charge is 0.271 e. The van der Waals surface area contributed by atoms with Gasteiger partial charge in [-0.25, -0.2) is 9.82 Å². The highest BCUT2D eigenvalue weighted by Crippen LogP contribution is 2.31. The van der Waals surface area contributed by atoms with Crippen LogP contribution in [-0.4, -0.2) is 9.59 Å². The molecule has 0 saturated carbocycles. The lowest BCUT2D eigenvalue weighted by atomic mass is 10.0. The average Bonchev–Trinajstić information content (AvgIpc) is 2.83. The number of nitrogens with zero attached hydrogens (tertiary/aromatic N) is 2. The lowest BCUT2D eigenvalue weighted by molar-refractivity contribution is 0.606. The number of aryl methyl sites for hydroxylation is 1. The minimum absolute atomic E-state index is 0.356. The van der Waals surface area contributed by atoms with Crippen LogP contribution < -0.4 is 11.3 Å². The molecule has 0 aliphatic rings. The molecule has 7 heteroatoms. The number of nitrogens with one attached hydrogen (secondary N) is 1. The van der Waals surface area contributed by atoms with Crippen molar-refractivity contribution in [1.29, 1.82) is 0 Å². The van der Waals surface area contributed by atoms with Crippen molar-refractivity contribution in [3.05, 3.63) is 45.2 Å². The van der Waals surface area contributed by atoms with Gasteiger partial charge < -0.3 is 0 Å². The maximum atomic E-state index is 13.3. The molecule has 4 nitrogen and oxygen atoms in total. The topological polar surface area (TPSA) is 63.8 Å². The Kier molecular flexibility index (Phi) is 4.23. The summed E-state index contributed by atoms with van der Waals surface area (Å²) >= 11 is 7.32. The normalized spacial score (nSPS) is 12.7. The van der Waals surface area contributed by atoms with Gasteiger partial charge in [-0.1, -0.05) is 23.0 Å². The van der Waals surface area contributed by atoms with E-state index in [9.17, 15) is 4.39 Å². The molecule has 2 rings (SSSR count). The highest BCUT2D eigenvalue weighted by Gasteiger charge is 2.21. The summed E-state index contributed by atoms with van der Waals surface area (Å²) in [5.41, 5.74) is 4.06. The van der Waals surface area contributed by atoms with Gasteiger partial charge in [-0.3, -0.25) is 5.84 Å². The molecule has 3 N–H and O–H groups in total. The van der Waals surface area contributed by atoms with E-state index in [-0.39, 0.29) is 5.82 Å². The molecule has 0 bridgehead atoms. The maximum Gasteiger partial charge on any atom is 0.123 e. The Morgan fingerprint density at radius 3 is 3.00 bits per heavy atom. The number of benzene rings is 1. The molecule has 1 unspecified atom stereocenters. The van der Waals surface area contributed by atoms with Crippen molar-refractivity contribution in [2.45, 2.75) is 19.4 Å². The van der Waals surface area contributed by atoms with Crippen molar-refractivity contribution in [3.8, 4) is 0 Å². The van der Waals surface area contributed by atoms with Crippen molar-refractivity contribution < 1.29 is 4.39 Å². The third-order valence-corrected chi connectivity index (χ3v) is 3.79. The summed E-state index contributed by atoms with van der Waals surface area (Å²) < 4.78 is 17.2. The van der Waals surface area contributed by atoms with Crippen LogP contribution in [0.4, 0.5) is 4.39 Å². The summed E-state index contributed by atoms with van der Waals surface area (Å²) in [6.07, 6.45) is 0.733. The number of nitrogens with two attached hydrogens (primary N) is 1. The van der Waals surface area contributed by atoms with Gasteiger partial charge in [0.1, 0.15) is 5.82 Å². The van der Waals surface area contributed by atoms with Gasteiger partial charge >= 0.3 is 0 Å². The Morgan fingerprint density at radius 2 is 2.33 bits per heavy atom. The predicted molar refractivity (Wildman–Crippen MR) is 69.9 cm³/mol. The van der Waals surface area contributed by atoms with Crippen molar-refractivity contribution in [1.82, 2.24) is 15.0 Å². The quantitative estimate of drug-likeness (QED) is 0.669. The second kappa shape index (κ2) is 5.71. The van der Waals surface area contributed by atoms with Crippen molar-refractivity contribution in [2.75, 3.05) is 0 Å². The highest BCUT2D eigenvalue weighted by molar-refractivity contribution is 7.05. The summed E-state index contributed by atoms with van der Waals surface area (Å²) in [5, 5.41) is 4.47. The van der Waals surface area contributed by atoms with Gasteiger partial charge in [-0.2, -0.15) is 0 Å².